The molecule has 1 nitrogen and oxygen atoms in total. The fraction of sp³-hybridized carbons (Fsp3) is 0.429. The number of ether oxygens (including phenoxy) is 1. The van der Waals surface area contributed by atoms with Gasteiger partial charge in [0.05, 0.1) is 0 Å². The third-order valence-electron chi connectivity index (χ3n) is 2.21. The molecule has 0 fully saturated rings. The van der Waals surface area contributed by atoms with Gasteiger partial charge in [-0.3, -0.25) is 0 Å². The monoisotopic (exact) mass is 204 g/mol. The van der Waals surface area contributed by atoms with Crippen molar-refractivity contribution in [1.29, 1.82) is 0 Å². The van der Waals surface area contributed by atoms with Gasteiger partial charge in [-0.15, -0.1) is 0 Å². The van der Waals surface area contributed by atoms with Gasteiger partial charge >= 0.3 is 0 Å². The summed E-state index contributed by atoms with van der Waals surface area (Å²) in [6, 6.07) is 8.27. The molecular formula is C14H20O. The Morgan fingerprint density at radius 2 is 1.73 bits per heavy atom. The van der Waals surface area contributed by atoms with Crippen molar-refractivity contribution in [3.8, 4) is 5.75 Å². The van der Waals surface area contributed by atoms with Crippen molar-refractivity contribution >= 4 is 0 Å². The van der Waals surface area contributed by atoms with Crippen LogP contribution < -0.4 is 4.74 Å². The highest BCUT2D eigenvalue weighted by atomic mass is 16.5. The van der Waals surface area contributed by atoms with E-state index < -0.39 is 0 Å². The van der Waals surface area contributed by atoms with E-state index in [-0.39, 0.29) is 5.41 Å². The van der Waals surface area contributed by atoms with Crippen LogP contribution in [-0.4, -0.2) is 6.61 Å². The maximum atomic E-state index is 5.54. The van der Waals surface area contributed by atoms with Crippen LogP contribution in [-0.2, 0) is 5.41 Å². The molecule has 0 amide bonds. The lowest BCUT2D eigenvalue weighted by atomic mass is 9.87. The molecule has 0 N–H and O–H groups in total. The van der Waals surface area contributed by atoms with Gasteiger partial charge in [-0.25, -0.2) is 0 Å². The van der Waals surface area contributed by atoms with Gasteiger partial charge in [0.2, 0.25) is 0 Å². The van der Waals surface area contributed by atoms with Gasteiger partial charge < -0.3 is 4.74 Å². The molecule has 1 heteroatoms. The number of benzene rings is 1. The maximum absolute atomic E-state index is 5.54. The van der Waals surface area contributed by atoms with Gasteiger partial charge in [0.25, 0.3) is 0 Å². The molecule has 82 valence electrons. The molecule has 0 unspecified atom stereocenters. The van der Waals surface area contributed by atoms with Crippen molar-refractivity contribution in [3.63, 3.8) is 0 Å². The molecule has 1 aromatic carbocycles. The lowest BCUT2D eigenvalue weighted by Gasteiger charge is -2.19. The molecule has 0 radical (unpaired) electrons. The summed E-state index contributed by atoms with van der Waals surface area (Å²) < 4.78 is 5.54. The normalized spacial score (nSPS) is 11.2. The molecule has 15 heavy (non-hydrogen) atoms. The number of rotatable bonds is 3. The Labute approximate surface area is 92.8 Å². The molecule has 0 aromatic heterocycles. The Bertz CT molecular complexity index is 327. The minimum absolute atomic E-state index is 0.201. The zero-order valence-electron chi connectivity index (χ0n) is 10.1. The average Bonchev–Trinajstić information content (AvgIpc) is 2.14. The summed E-state index contributed by atoms with van der Waals surface area (Å²) in [5, 5.41) is 0. The fourth-order valence-electron chi connectivity index (χ4n) is 1.26. The summed E-state index contributed by atoms with van der Waals surface area (Å²) in [6.45, 7) is 13.0. The first-order chi connectivity index (χ1) is 6.89. The Morgan fingerprint density at radius 3 is 2.13 bits per heavy atom. The van der Waals surface area contributed by atoms with E-state index in [4.69, 9.17) is 4.74 Å². The molecule has 0 aliphatic carbocycles. The van der Waals surface area contributed by atoms with Crippen molar-refractivity contribution in [3.05, 3.63) is 42.0 Å². The molecule has 0 heterocycles. The second-order valence-corrected chi connectivity index (χ2v) is 5.02. The van der Waals surface area contributed by atoms with E-state index in [1.165, 1.54) is 5.56 Å². The summed E-state index contributed by atoms with van der Waals surface area (Å²) in [4.78, 5) is 0. The molecule has 0 saturated heterocycles. The second-order valence-electron chi connectivity index (χ2n) is 5.02. The van der Waals surface area contributed by atoms with Crippen LogP contribution in [0.4, 0.5) is 0 Å². The first kappa shape index (κ1) is 11.8. The van der Waals surface area contributed by atoms with Gasteiger partial charge in [0.1, 0.15) is 12.4 Å². The Hall–Kier alpha value is -1.24. The van der Waals surface area contributed by atoms with Crippen molar-refractivity contribution in [2.75, 3.05) is 6.61 Å². The number of hydrogen-bond acceptors (Lipinski definition) is 1. The zero-order chi connectivity index (χ0) is 11.5. The molecule has 1 aromatic rings. The SMILES string of the molecule is C=C(C)COc1ccc(C(C)(C)C)cc1. The largest absolute Gasteiger partial charge is 0.489 e. The predicted molar refractivity (Wildman–Crippen MR) is 65.5 cm³/mol. The second kappa shape index (κ2) is 4.52. The van der Waals surface area contributed by atoms with Gasteiger partial charge in [-0.2, -0.15) is 0 Å². The zero-order valence-corrected chi connectivity index (χ0v) is 10.1. The summed E-state index contributed by atoms with van der Waals surface area (Å²) in [6.07, 6.45) is 0. The lowest BCUT2D eigenvalue weighted by Crippen LogP contribution is -2.10. The fourth-order valence-corrected chi connectivity index (χ4v) is 1.26. The quantitative estimate of drug-likeness (QED) is 0.678. The van der Waals surface area contributed by atoms with Crippen molar-refractivity contribution in [1.82, 2.24) is 0 Å². The Balaban J connectivity index is 2.69. The Kier molecular flexibility index (Phi) is 3.57. The molecular weight excluding hydrogens is 184 g/mol. The van der Waals surface area contributed by atoms with E-state index in [1.54, 1.807) is 0 Å². The van der Waals surface area contributed by atoms with Crippen LogP contribution in [0.5, 0.6) is 5.75 Å². The van der Waals surface area contributed by atoms with Crippen molar-refractivity contribution < 1.29 is 4.74 Å². The summed E-state index contributed by atoms with van der Waals surface area (Å²) in [5.41, 5.74) is 2.56. The molecule has 0 spiro atoms. The minimum Gasteiger partial charge on any atom is -0.489 e. The van der Waals surface area contributed by atoms with Crippen molar-refractivity contribution in [2.24, 2.45) is 0 Å². The lowest BCUT2D eigenvalue weighted by molar-refractivity contribution is 0.352. The van der Waals surface area contributed by atoms with Gasteiger partial charge in [0, 0.05) is 0 Å². The summed E-state index contributed by atoms with van der Waals surface area (Å²) >= 11 is 0. The van der Waals surface area contributed by atoms with Crippen LogP contribution in [0.2, 0.25) is 0 Å². The van der Waals surface area contributed by atoms with Crippen LogP contribution in [0, 0.1) is 0 Å². The highest BCUT2D eigenvalue weighted by molar-refractivity contribution is 5.31. The van der Waals surface area contributed by atoms with Gasteiger partial charge in [-0.1, -0.05) is 39.5 Å². The Morgan fingerprint density at radius 1 is 1.20 bits per heavy atom. The van der Waals surface area contributed by atoms with Crippen LogP contribution in [0.15, 0.2) is 36.4 Å². The molecule has 0 aliphatic heterocycles. The van der Waals surface area contributed by atoms with Crippen LogP contribution in [0.25, 0.3) is 0 Å². The molecule has 0 atom stereocenters. The van der Waals surface area contributed by atoms with Gasteiger partial charge in [-0.05, 0) is 35.6 Å². The van der Waals surface area contributed by atoms with E-state index >= 15 is 0 Å². The molecule has 0 saturated carbocycles. The summed E-state index contributed by atoms with van der Waals surface area (Å²) in [5.74, 6) is 0.908. The highest BCUT2D eigenvalue weighted by Gasteiger charge is 2.12. The highest BCUT2D eigenvalue weighted by Crippen LogP contribution is 2.24. The van der Waals surface area contributed by atoms with Crippen LogP contribution in [0.3, 0.4) is 0 Å². The van der Waals surface area contributed by atoms with Crippen molar-refractivity contribution in [2.45, 2.75) is 33.1 Å². The smallest absolute Gasteiger partial charge is 0.119 e. The van der Waals surface area contributed by atoms with E-state index in [0.717, 1.165) is 11.3 Å². The summed E-state index contributed by atoms with van der Waals surface area (Å²) in [7, 11) is 0. The topological polar surface area (TPSA) is 9.23 Å². The number of hydrogen-bond donors (Lipinski definition) is 0. The van der Waals surface area contributed by atoms with E-state index in [0.29, 0.717) is 6.61 Å². The molecule has 0 bridgehead atoms. The van der Waals surface area contributed by atoms with Gasteiger partial charge in [0.15, 0.2) is 0 Å². The first-order valence-corrected chi connectivity index (χ1v) is 5.27. The predicted octanol–water partition coefficient (Wildman–Crippen LogP) is 3.94. The maximum Gasteiger partial charge on any atom is 0.119 e. The van der Waals surface area contributed by atoms with Crippen LogP contribution in [0.1, 0.15) is 33.3 Å². The van der Waals surface area contributed by atoms with E-state index in [2.05, 4.69) is 39.5 Å². The van der Waals surface area contributed by atoms with Crippen LogP contribution >= 0.6 is 0 Å². The first-order valence-electron chi connectivity index (χ1n) is 5.27. The third-order valence-corrected chi connectivity index (χ3v) is 2.21. The molecule has 1 rings (SSSR count). The molecule has 0 aliphatic rings. The van der Waals surface area contributed by atoms with E-state index in [1.807, 2.05) is 19.1 Å². The average molecular weight is 204 g/mol. The standard InChI is InChI=1S/C14H20O/c1-11(2)10-15-13-8-6-12(7-9-13)14(3,4)5/h6-9H,1,10H2,2-5H3. The minimum atomic E-state index is 0.201. The van der Waals surface area contributed by atoms with E-state index in [9.17, 15) is 0 Å². The third kappa shape index (κ3) is 3.78.